The summed E-state index contributed by atoms with van der Waals surface area (Å²) < 4.78 is 108. The van der Waals surface area contributed by atoms with E-state index >= 15 is 0 Å². The summed E-state index contributed by atoms with van der Waals surface area (Å²) in [6.45, 7) is 0. The van der Waals surface area contributed by atoms with Gasteiger partial charge in [-0.1, -0.05) is 0 Å². The Hall–Kier alpha value is 0.460. The van der Waals surface area contributed by atoms with Crippen LogP contribution in [0.4, 0.5) is 0 Å². The Kier molecular flexibility index (Phi) is 29.6. The van der Waals surface area contributed by atoms with Gasteiger partial charge in [-0.25, -0.2) is 0 Å². The minimum atomic E-state index is -5.22. The van der Waals surface area contributed by atoms with E-state index in [9.17, 15) is 7.61 Å². The van der Waals surface area contributed by atoms with Crippen LogP contribution in [0.25, 0.3) is 0 Å². The van der Waals surface area contributed by atoms with Gasteiger partial charge >= 0.3 is 209 Å². The molecule has 1 N–H and O–H groups in total. The minimum absolute atomic E-state index is 0. The summed E-state index contributed by atoms with van der Waals surface area (Å²) in [6, 6.07) is 0. The molecule has 0 fully saturated rings. The fourth-order valence-electron chi connectivity index (χ4n) is 0. The number of hydrogen-bond donors (Lipinski definition) is 1. The molecule has 0 aliphatic rings. The van der Waals surface area contributed by atoms with Crippen molar-refractivity contribution in [3.8, 4) is 19.7 Å². The van der Waals surface area contributed by atoms with E-state index in [4.69, 9.17) is 60.5 Å². The van der Waals surface area contributed by atoms with E-state index in [0.29, 0.717) is 19.7 Å². The molecule has 0 spiro atoms. The van der Waals surface area contributed by atoms with Gasteiger partial charge in [-0.2, -0.15) is 0 Å². The number of rotatable bonds is 0. The van der Waals surface area contributed by atoms with Crippen LogP contribution >= 0.6 is 0 Å². The molecule has 22 heteroatoms. The summed E-state index contributed by atoms with van der Waals surface area (Å²) in [7, 11) is 0. The van der Waals surface area contributed by atoms with Crippen LogP contribution in [0.5, 0.6) is 0 Å². The first-order valence-corrected chi connectivity index (χ1v) is 12.6. The van der Waals surface area contributed by atoms with Crippen molar-refractivity contribution in [2.45, 2.75) is 0 Å². The molecule has 0 aromatic carbocycles. The monoisotopic (exact) mass is 602 g/mol. The van der Waals surface area contributed by atoms with E-state index in [1.807, 2.05) is 0 Å². The molecule has 0 aliphatic carbocycles. The van der Waals surface area contributed by atoms with E-state index in [1.165, 1.54) is 0 Å². The van der Waals surface area contributed by atoms with Crippen LogP contribution in [0, 0.1) is 40.8 Å². The summed E-state index contributed by atoms with van der Waals surface area (Å²) in [4.78, 5) is 2.49. The predicted molar refractivity (Wildman–Crippen MR) is 30.2 cm³/mol. The second-order valence-electron chi connectivity index (χ2n) is 2.20. The number of nitrogens with zero attached hydrogens (tertiary/aromatic N) is 4. The third-order valence-electron chi connectivity index (χ3n) is 0.451. The molecule has 0 amide bonds. The predicted octanol–water partition coefficient (Wildman–Crippen LogP) is -8.02. The molecule has 0 rings (SSSR count). The molecule has 0 radical (unpaired) electrons. The van der Waals surface area contributed by atoms with E-state index in [1.54, 1.807) is 0 Å². The van der Waals surface area contributed by atoms with Crippen molar-refractivity contribution in [1.29, 1.82) is 21.0 Å². The van der Waals surface area contributed by atoms with E-state index in [0.717, 1.165) is 0 Å². The summed E-state index contributed by atoms with van der Waals surface area (Å²) in [5.74, 6) is 0. The van der Waals surface area contributed by atoms with Gasteiger partial charge in [-0.3, -0.25) is 0 Å². The molecule has 0 aliphatic heterocycles. The molecule has 0 atom stereocenters. The summed E-state index contributed by atoms with van der Waals surface area (Å²) >= 11 is -20.6. The van der Waals surface area contributed by atoms with Crippen LogP contribution in [-0.2, 0) is 100 Å². The molecular weight excluding hydrogens is 602 g/mol. The van der Waals surface area contributed by atoms with Gasteiger partial charge in [-0.05, 0) is 0 Å². The topological polar surface area (TPSA) is 321 Å². The Morgan fingerprint density at radius 3 is 0.654 bits per heavy atom. The molecule has 0 bridgehead atoms. The van der Waals surface area contributed by atoms with Crippen LogP contribution in [0.3, 0.4) is 0 Å². The van der Waals surface area contributed by atoms with E-state index in [2.05, 4.69) is 0 Å². The Bertz CT molecular complexity index is 819. The van der Waals surface area contributed by atoms with Crippen LogP contribution < -0.4 is 63.9 Å². The van der Waals surface area contributed by atoms with Crippen molar-refractivity contribution in [3.63, 3.8) is 0 Å². The first-order chi connectivity index (χ1) is 10.2. The zero-order valence-electron chi connectivity index (χ0n) is 11.7. The standard InChI is InChI=1S/4CN.4Cr.K.Ni.H2O.11O/c4*1-2;;;;;;;;;;;;;;;;;;/h;;;;;;;;;;1H2;;;;;;;;;;;/q;;;;;;;2*+1;+2;;;;;;;;;;3*-1/p-1. The van der Waals surface area contributed by atoms with Gasteiger partial charge in [0.2, 0.25) is 0 Å². The van der Waals surface area contributed by atoms with Gasteiger partial charge in [-0.15, -0.1) is 0 Å². The average Bonchev–Trinajstić information content (AvgIpc) is 2.37. The molecule has 16 nitrogen and oxygen atoms in total. The van der Waals surface area contributed by atoms with Crippen molar-refractivity contribution in [2.75, 3.05) is 0 Å². The van der Waals surface area contributed by atoms with E-state index in [-0.39, 0.29) is 67.9 Å². The maximum absolute atomic E-state index is 9.27. The number of hydrogen-bond acceptors (Lipinski definition) is 15. The fraction of sp³-hybridized carbons (Fsp3) is 0. The molecule has 26 heavy (non-hydrogen) atoms. The quantitative estimate of drug-likeness (QED) is 0.251. The minimum Gasteiger partial charge on any atom is 1.00 e. The zero-order chi connectivity index (χ0) is 20.8. The first kappa shape index (κ1) is 41.0. The van der Waals surface area contributed by atoms with Crippen molar-refractivity contribution < 1.29 is 168 Å². The second kappa shape index (κ2) is 18.8. The van der Waals surface area contributed by atoms with Gasteiger partial charge in [0.25, 0.3) is 0 Å². The molecule has 0 heterocycles. The van der Waals surface area contributed by atoms with Crippen molar-refractivity contribution >= 4 is 0 Å². The van der Waals surface area contributed by atoms with Gasteiger partial charge in [0, 0.05) is 0 Å². The van der Waals surface area contributed by atoms with Crippen LogP contribution in [0.15, 0.2) is 0 Å². The molecule has 0 unspecified atom stereocenters. The SMILES string of the molecule is N#[C][Cr](=[O])(=[O])[O-].N#[C][Cr](=[O])(=[O])[O-].N#[C][Cr](=[O])(=[O])[O-].N#[C][Cr](=[O])(=[O])[OH].[K+].[Ni+2]. The molecule has 0 aromatic heterocycles. The third kappa shape index (κ3) is 86.7. The van der Waals surface area contributed by atoms with Gasteiger partial charge < -0.3 is 0 Å². The van der Waals surface area contributed by atoms with Gasteiger partial charge in [0.15, 0.2) is 0 Å². The molecular formula is C4HCr4KN4NiO12. The fourth-order valence-corrected chi connectivity index (χ4v) is 0. The summed E-state index contributed by atoms with van der Waals surface area (Å²) in [6.07, 6.45) is 0. The Morgan fingerprint density at radius 1 is 0.577 bits per heavy atom. The average molecular weight is 603 g/mol. The normalized spacial score (nSPS) is 9.23. The van der Waals surface area contributed by atoms with Crippen molar-refractivity contribution in [1.82, 2.24) is 0 Å². The zero-order valence-corrected chi connectivity index (χ0v) is 20.9. The Balaban J connectivity index is -0.0000000500. The third-order valence-corrected chi connectivity index (χ3v) is 1.86. The van der Waals surface area contributed by atoms with Crippen LogP contribution in [0.2, 0.25) is 0 Å². The molecule has 0 saturated heterocycles. The Morgan fingerprint density at radius 2 is 0.654 bits per heavy atom. The smallest absolute Gasteiger partial charge is 1.00 e. The van der Waals surface area contributed by atoms with Crippen LogP contribution in [-0.4, -0.2) is 4.16 Å². The first-order valence-electron chi connectivity index (χ1n) is 3.73. The van der Waals surface area contributed by atoms with Crippen molar-refractivity contribution in [2.24, 2.45) is 0 Å². The van der Waals surface area contributed by atoms with Crippen molar-refractivity contribution in [3.05, 3.63) is 0 Å². The number of nitriles is 4. The van der Waals surface area contributed by atoms with Gasteiger partial charge in [0.05, 0.1) is 0 Å². The summed E-state index contributed by atoms with van der Waals surface area (Å²) in [5, 5.41) is 29.2. The Labute approximate surface area is 205 Å². The van der Waals surface area contributed by atoms with E-state index < -0.39 is 53.1 Å². The summed E-state index contributed by atoms with van der Waals surface area (Å²) in [5.41, 5.74) is 0. The molecule has 144 valence electrons. The molecule has 0 aromatic rings. The molecule has 0 saturated carbocycles. The van der Waals surface area contributed by atoms with Gasteiger partial charge in [0.1, 0.15) is 0 Å². The largest absolute Gasteiger partial charge is 2.00 e. The maximum Gasteiger partial charge on any atom is 2.00 e. The van der Waals surface area contributed by atoms with Crippen LogP contribution in [0.1, 0.15) is 0 Å². The maximum atomic E-state index is 9.27. The second-order valence-corrected chi connectivity index (χ2v) is 9.08.